The number of hydrogen-bond donors (Lipinski definition) is 0. The number of rotatable bonds is 12. The minimum Gasteiger partial charge on any atom is -0.457 e. The van der Waals surface area contributed by atoms with Crippen LogP contribution < -0.4 is 10.4 Å². The van der Waals surface area contributed by atoms with E-state index in [1.54, 1.807) is 97.1 Å². The number of benzene rings is 5. The molecule has 52 heavy (non-hydrogen) atoms. The van der Waals surface area contributed by atoms with E-state index in [0.29, 0.717) is 42.3 Å². The molecule has 0 atom stereocenters. The van der Waals surface area contributed by atoms with Gasteiger partial charge in [-0.3, -0.25) is 0 Å². The van der Waals surface area contributed by atoms with Crippen molar-refractivity contribution >= 4 is 81.4 Å². The molecule has 0 amide bonds. The van der Waals surface area contributed by atoms with E-state index in [0.717, 1.165) is 0 Å². The maximum Gasteiger partial charge on any atom is 0.346 e. The predicted molar refractivity (Wildman–Crippen MR) is 197 cm³/mol. The molecule has 8 nitrogen and oxygen atoms in total. The number of hydrogen-bond acceptors (Lipinski definition) is 8. The largest absolute Gasteiger partial charge is 0.457 e. The van der Waals surface area contributed by atoms with E-state index in [4.69, 9.17) is 65.4 Å². The fraction of sp³-hybridized carbons (Fsp3) is 0.100. The average Bonchev–Trinajstić information content (AvgIpc) is 3.14. The van der Waals surface area contributed by atoms with E-state index < -0.39 is 35.0 Å². The van der Waals surface area contributed by atoms with Crippen molar-refractivity contribution in [3.05, 3.63) is 174 Å². The first kappa shape index (κ1) is 38.1. The standard InChI is InChI=1S/C40H28Cl4O8/c41-31-13-5-1-9-27(31)21-49-37(45)35(38(46)50-22-28-10-2-6-14-32(28)42)25-17-19-26(20-18-25)36(39(47)51-23-29-11-3-7-15-33(29)43)40(48)52-24-30-12-4-8-16-34(30)44/h1-20H,21-24H2. The van der Waals surface area contributed by atoms with Crippen molar-refractivity contribution in [1.29, 1.82) is 0 Å². The molecule has 5 aromatic rings. The molecule has 0 bridgehead atoms. The molecule has 0 fully saturated rings. The van der Waals surface area contributed by atoms with Crippen molar-refractivity contribution in [3.63, 3.8) is 0 Å². The van der Waals surface area contributed by atoms with Gasteiger partial charge in [-0.1, -0.05) is 143 Å². The maximum atomic E-state index is 13.5. The van der Waals surface area contributed by atoms with Crippen LogP contribution in [0.2, 0.25) is 20.1 Å². The van der Waals surface area contributed by atoms with Crippen molar-refractivity contribution in [2.75, 3.05) is 0 Å². The topological polar surface area (TPSA) is 105 Å². The summed E-state index contributed by atoms with van der Waals surface area (Å²) in [4.78, 5) is 53.9. The molecule has 0 aromatic heterocycles. The molecule has 0 aliphatic heterocycles. The van der Waals surface area contributed by atoms with Crippen LogP contribution in [0.25, 0.3) is 11.1 Å². The van der Waals surface area contributed by atoms with Gasteiger partial charge in [0.2, 0.25) is 0 Å². The lowest BCUT2D eigenvalue weighted by molar-refractivity contribution is -0.146. The molecular formula is C40H28Cl4O8. The van der Waals surface area contributed by atoms with Crippen LogP contribution in [0.4, 0.5) is 0 Å². The summed E-state index contributed by atoms with van der Waals surface area (Å²) in [7, 11) is 0. The Hall–Kier alpha value is -5.12. The van der Waals surface area contributed by atoms with Crippen molar-refractivity contribution in [2.45, 2.75) is 26.4 Å². The molecule has 0 spiro atoms. The Kier molecular flexibility index (Phi) is 13.5. The zero-order valence-corrected chi connectivity index (χ0v) is 30.2. The lowest BCUT2D eigenvalue weighted by Gasteiger charge is -2.12. The summed E-state index contributed by atoms with van der Waals surface area (Å²) < 4.78 is 21.9. The van der Waals surface area contributed by atoms with Crippen LogP contribution in [0.3, 0.4) is 0 Å². The molecule has 0 radical (unpaired) electrons. The fourth-order valence-corrected chi connectivity index (χ4v) is 5.53. The lowest BCUT2D eigenvalue weighted by atomic mass is 10.1. The van der Waals surface area contributed by atoms with Crippen molar-refractivity contribution < 1.29 is 38.1 Å². The van der Waals surface area contributed by atoms with Crippen LogP contribution in [-0.4, -0.2) is 23.9 Å². The molecular weight excluding hydrogens is 750 g/mol. The molecule has 0 unspecified atom stereocenters. The molecule has 0 heterocycles. The van der Waals surface area contributed by atoms with Gasteiger partial charge in [0.05, 0.1) is 0 Å². The number of carbonyl (C=O) groups excluding carboxylic acids is 4. The van der Waals surface area contributed by atoms with E-state index in [2.05, 4.69) is 0 Å². The van der Waals surface area contributed by atoms with Crippen LogP contribution in [0.1, 0.15) is 22.3 Å². The van der Waals surface area contributed by atoms with Gasteiger partial charge in [-0.2, -0.15) is 0 Å². The predicted octanol–water partition coefficient (Wildman–Crippen LogP) is 7.58. The van der Waals surface area contributed by atoms with Gasteiger partial charge in [0.1, 0.15) is 26.4 Å². The Morgan fingerprint density at radius 2 is 0.558 bits per heavy atom. The van der Waals surface area contributed by atoms with Crippen molar-refractivity contribution in [1.82, 2.24) is 0 Å². The van der Waals surface area contributed by atoms with Crippen LogP contribution in [0, 0.1) is 0 Å². The quantitative estimate of drug-likeness (QED) is 0.0726. The summed E-state index contributed by atoms with van der Waals surface area (Å²) in [5, 5.41) is 1.62. The number of esters is 4. The molecule has 0 aliphatic carbocycles. The van der Waals surface area contributed by atoms with Crippen LogP contribution >= 0.6 is 46.4 Å². The first-order valence-electron chi connectivity index (χ1n) is 15.6. The van der Waals surface area contributed by atoms with E-state index >= 15 is 0 Å². The third kappa shape index (κ3) is 10.0. The molecule has 12 heteroatoms. The third-order valence-electron chi connectivity index (χ3n) is 7.55. The normalized spacial score (nSPS) is 10.5. The van der Waals surface area contributed by atoms with E-state index in [9.17, 15) is 19.2 Å². The zero-order chi connectivity index (χ0) is 37.0. The Bertz CT molecular complexity index is 1940. The van der Waals surface area contributed by atoms with Crippen LogP contribution in [0.5, 0.6) is 0 Å². The second-order valence-corrected chi connectivity index (χ2v) is 12.6. The Morgan fingerprint density at radius 1 is 0.346 bits per heavy atom. The molecule has 5 aromatic carbocycles. The van der Waals surface area contributed by atoms with Crippen LogP contribution in [0.15, 0.2) is 121 Å². The molecule has 0 saturated heterocycles. The minimum atomic E-state index is -1.00. The van der Waals surface area contributed by atoms with Gasteiger partial charge < -0.3 is 18.9 Å². The summed E-state index contributed by atoms with van der Waals surface area (Å²) in [6, 6.07) is 32.5. The number of carbonyl (C=O) groups is 4. The third-order valence-corrected chi connectivity index (χ3v) is 9.02. The van der Waals surface area contributed by atoms with Crippen LogP contribution in [-0.2, 0) is 64.6 Å². The smallest absolute Gasteiger partial charge is 0.346 e. The Morgan fingerprint density at radius 3 is 0.769 bits per heavy atom. The highest BCUT2D eigenvalue weighted by molar-refractivity contribution is 6.37. The van der Waals surface area contributed by atoms with Gasteiger partial charge in [0.15, 0.2) is 11.1 Å². The van der Waals surface area contributed by atoms with Crippen molar-refractivity contribution in [3.8, 4) is 0 Å². The van der Waals surface area contributed by atoms with Gasteiger partial charge >= 0.3 is 23.9 Å². The average molecular weight is 778 g/mol. The molecule has 0 aliphatic rings. The molecule has 0 saturated carbocycles. The monoisotopic (exact) mass is 776 g/mol. The van der Waals surface area contributed by atoms with Gasteiger partial charge in [-0.25, -0.2) is 19.2 Å². The Labute approximate surface area is 318 Å². The van der Waals surface area contributed by atoms with E-state index in [1.807, 2.05) is 0 Å². The van der Waals surface area contributed by atoms with Gasteiger partial charge in [0, 0.05) is 42.3 Å². The number of halogens is 4. The zero-order valence-electron chi connectivity index (χ0n) is 27.2. The summed E-state index contributed by atoms with van der Waals surface area (Å²) >= 11 is 24.9. The minimum absolute atomic E-state index is 0.0743. The number of ether oxygens (including phenoxy) is 4. The second-order valence-electron chi connectivity index (χ2n) is 11.0. The van der Waals surface area contributed by atoms with E-state index in [-0.39, 0.29) is 36.9 Å². The SMILES string of the molecule is O=C(OCc1ccccc1Cl)C(C(=O)OCc1ccccc1Cl)=c1ccc(=C(C(=O)OCc2ccccc2Cl)C(=O)OCc2ccccc2Cl)cc1. The molecule has 5 rings (SSSR count). The first-order valence-corrected chi connectivity index (χ1v) is 17.1. The lowest BCUT2D eigenvalue weighted by Crippen LogP contribution is -2.28. The van der Waals surface area contributed by atoms with E-state index in [1.165, 1.54) is 24.3 Å². The van der Waals surface area contributed by atoms with Gasteiger partial charge in [-0.05, 0) is 34.7 Å². The highest BCUT2D eigenvalue weighted by atomic mass is 35.5. The summed E-state index contributed by atoms with van der Waals surface area (Å²) in [6.45, 7) is -0.927. The summed E-state index contributed by atoms with van der Waals surface area (Å²) in [5.41, 5.74) is 1.16. The Balaban J connectivity index is 1.51. The maximum absolute atomic E-state index is 13.5. The van der Waals surface area contributed by atoms with Crippen molar-refractivity contribution in [2.24, 2.45) is 0 Å². The molecule has 0 N–H and O–H groups in total. The van der Waals surface area contributed by atoms with Gasteiger partial charge in [0.25, 0.3) is 0 Å². The fourth-order valence-electron chi connectivity index (χ4n) is 4.77. The highest BCUT2D eigenvalue weighted by Crippen LogP contribution is 2.20. The first-order chi connectivity index (χ1) is 25.1. The van der Waals surface area contributed by atoms with Gasteiger partial charge in [-0.15, -0.1) is 0 Å². The highest BCUT2D eigenvalue weighted by Gasteiger charge is 2.26. The second kappa shape index (κ2) is 18.4. The summed E-state index contributed by atoms with van der Waals surface area (Å²) in [5.74, 6) is -4.00. The molecule has 264 valence electrons. The summed E-state index contributed by atoms with van der Waals surface area (Å²) in [6.07, 6.45) is 0.